The average Bonchev–Trinajstić information content (AvgIpc) is 2.03. The van der Waals surface area contributed by atoms with E-state index in [-0.39, 0.29) is 25.3 Å². The molecule has 0 bridgehead atoms. The maximum absolute atomic E-state index is 7.62. The van der Waals surface area contributed by atoms with Crippen LogP contribution in [0.25, 0.3) is 0 Å². The van der Waals surface area contributed by atoms with E-state index in [4.69, 9.17) is 26.4 Å². The standard InChI is InChI=1S/C6H16N2O.C2H6O2/c1-5(7)3-9-4-6(2)8;3-1-2-4/h5-6H,3-4,7-8H2,1-2H3;3-4H,1-2H2. The van der Waals surface area contributed by atoms with Crippen molar-refractivity contribution in [2.75, 3.05) is 26.4 Å². The SMILES string of the molecule is CC(N)COCC(C)N.OCCO. The molecule has 0 heterocycles. The van der Waals surface area contributed by atoms with Gasteiger partial charge in [-0.2, -0.15) is 0 Å². The van der Waals surface area contributed by atoms with Gasteiger partial charge in [-0.1, -0.05) is 0 Å². The van der Waals surface area contributed by atoms with Crippen LogP contribution in [0.4, 0.5) is 0 Å². The van der Waals surface area contributed by atoms with Crippen molar-refractivity contribution >= 4 is 0 Å². The highest BCUT2D eigenvalue weighted by atomic mass is 16.5. The Hall–Kier alpha value is -0.200. The predicted octanol–water partition coefficient (Wildman–Crippen LogP) is -1.33. The van der Waals surface area contributed by atoms with Crippen LogP contribution >= 0.6 is 0 Å². The van der Waals surface area contributed by atoms with Crippen LogP contribution < -0.4 is 11.5 Å². The van der Waals surface area contributed by atoms with Crippen LogP contribution in [0.3, 0.4) is 0 Å². The van der Waals surface area contributed by atoms with Gasteiger partial charge in [-0.15, -0.1) is 0 Å². The number of hydrogen-bond acceptors (Lipinski definition) is 5. The summed E-state index contributed by atoms with van der Waals surface area (Å²) in [7, 11) is 0. The summed E-state index contributed by atoms with van der Waals surface area (Å²) in [5.41, 5.74) is 10.8. The monoisotopic (exact) mass is 194 g/mol. The fourth-order valence-corrected chi connectivity index (χ4v) is 0.440. The fourth-order valence-electron chi connectivity index (χ4n) is 0.440. The number of aliphatic hydroxyl groups excluding tert-OH is 2. The maximum atomic E-state index is 7.62. The van der Waals surface area contributed by atoms with E-state index in [1.807, 2.05) is 13.8 Å². The topological polar surface area (TPSA) is 102 Å². The Labute approximate surface area is 79.7 Å². The third-order valence-electron chi connectivity index (χ3n) is 0.861. The highest BCUT2D eigenvalue weighted by Gasteiger charge is 1.95. The minimum Gasteiger partial charge on any atom is -0.394 e. The molecule has 0 spiro atoms. The van der Waals surface area contributed by atoms with Gasteiger partial charge in [0.25, 0.3) is 0 Å². The first-order valence-electron chi connectivity index (χ1n) is 4.35. The van der Waals surface area contributed by atoms with E-state index in [0.29, 0.717) is 13.2 Å². The van der Waals surface area contributed by atoms with E-state index in [1.54, 1.807) is 0 Å². The molecule has 0 saturated carbocycles. The predicted molar refractivity (Wildman–Crippen MR) is 52.3 cm³/mol. The smallest absolute Gasteiger partial charge is 0.0662 e. The molecule has 0 rings (SSSR count). The van der Waals surface area contributed by atoms with Crippen molar-refractivity contribution in [1.82, 2.24) is 0 Å². The van der Waals surface area contributed by atoms with Crippen LogP contribution in [-0.2, 0) is 4.74 Å². The lowest BCUT2D eigenvalue weighted by atomic mass is 10.4. The molecule has 2 atom stereocenters. The first-order valence-corrected chi connectivity index (χ1v) is 4.35. The molecular formula is C8H22N2O3. The van der Waals surface area contributed by atoms with Crippen LogP contribution in [0.1, 0.15) is 13.8 Å². The molecule has 13 heavy (non-hydrogen) atoms. The van der Waals surface area contributed by atoms with E-state index in [1.165, 1.54) is 0 Å². The van der Waals surface area contributed by atoms with Gasteiger partial charge in [0.05, 0.1) is 26.4 Å². The van der Waals surface area contributed by atoms with E-state index in [0.717, 1.165) is 0 Å². The minimum atomic E-state index is -0.125. The molecule has 0 radical (unpaired) electrons. The second-order valence-corrected chi connectivity index (χ2v) is 2.94. The Morgan fingerprint density at radius 2 is 1.31 bits per heavy atom. The first kappa shape index (κ1) is 15.3. The van der Waals surface area contributed by atoms with Gasteiger partial charge in [0, 0.05) is 12.1 Å². The quantitative estimate of drug-likeness (QED) is 0.434. The number of aliphatic hydroxyl groups is 2. The molecule has 0 aliphatic rings. The minimum absolute atomic E-state index is 0.115. The van der Waals surface area contributed by atoms with Crippen molar-refractivity contribution in [3.8, 4) is 0 Å². The number of hydrogen-bond donors (Lipinski definition) is 4. The van der Waals surface area contributed by atoms with Crippen molar-refractivity contribution in [2.45, 2.75) is 25.9 Å². The summed E-state index contributed by atoms with van der Waals surface area (Å²) < 4.78 is 5.11. The summed E-state index contributed by atoms with van der Waals surface area (Å²) in [6, 6.07) is 0.229. The molecule has 0 amide bonds. The van der Waals surface area contributed by atoms with Crippen LogP contribution in [0.5, 0.6) is 0 Å². The lowest BCUT2D eigenvalue weighted by Gasteiger charge is -2.08. The van der Waals surface area contributed by atoms with Crippen LogP contribution in [-0.4, -0.2) is 48.7 Å². The van der Waals surface area contributed by atoms with Crippen LogP contribution in [0, 0.1) is 0 Å². The highest BCUT2D eigenvalue weighted by Crippen LogP contribution is 1.81. The van der Waals surface area contributed by atoms with Crippen LogP contribution in [0.15, 0.2) is 0 Å². The van der Waals surface area contributed by atoms with Gasteiger partial charge in [0.2, 0.25) is 0 Å². The third kappa shape index (κ3) is 24.5. The van der Waals surface area contributed by atoms with Gasteiger partial charge in [0.1, 0.15) is 0 Å². The van der Waals surface area contributed by atoms with E-state index in [9.17, 15) is 0 Å². The van der Waals surface area contributed by atoms with Crippen molar-refractivity contribution in [2.24, 2.45) is 11.5 Å². The van der Waals surface area contributed by atoms with E-state index >= 15 is 0 Å². The highest BCUT2D eigenvalue weighted by molar-refractivity contribution is 4.52. The van der Waals surface area contributed by atoms with Crippen molar-refractivity contribution in [1.29, 1.82) is 0 Å². The van der Waals surface area contributed by atoms with E-state index < -0.39 is 0 Å². The van der Waals surface area contributed by atoms with Gasteiger partial charge < -0.3 is 26.4 Å². The zero-order valence-electron chi connectivity index (χ0n) is 8.44. The zero-order chi connectivity index (χ0) is 10.7. The second-order valence-electron chi connectivity index (χ2n) is 2.94. The van der Waals surface area contributed by atoms with Crippen molar-refractivity contribution in [3.05, 3.63) is 0 Å². The molecule has 82 valence electrons. The summed E-state index contributed by atoms with van der Waals surface area (Å²) in [5, 5.41) is 15.2. The van der Waals surface area contributed by atoms with Gasteiger partial charge in [-0.05, 0) is 13.8 Å². The number of ether oxygens (including phenoxy) is 1. The molecule has 0 aliphatic heterocycles. The molecule has 2 unspecified atom stereocenters. The molecule has 5 nitrogen and oxygen atoms in total. The van der Waals surface area contributed by atoms with Crippen LogP contribution in [0.2, 0.25) is 0 Å². The normalized spacial score (nSPS) is 14.3. The van der Waals surface area contributed by atoms with E-state index in [2.05, 4.69) is 0 Å². The summed E-state index contributed by atoms with van der Waals surface area (Å²) in [6.45, 7) is 4.76. The van der Waals surface area contributed by atoms with Gasteiger partial charge in [0.15, 0.2) is 0 Å². The van der Waals surface area contributed by atoms with Crippen molar-refractivity contribution < 1.29 is 14.9 Å². The molecule has 0 saturated heterocycles. The molecule has 0 aromatic heterocycles. The Balaban J connectivity index is 0. The molecule has 5 heteroatoms. The Morgan fingerprint density at radius 1 is 1.00 bits per heavy atom. The largest absolute Gasteiger partial charge is 0.394 e. The summed E-state index contributed by atoms with van der Waals surface area (Å²) >= 11 is 0. The Kier molecular flexibility index (Phi) is 13.9. The molecule has 0 aliphatic carbocycles. The summed E-state index contributed by atoms with van der Waals surface area (Å²) in [5.74, 6) is 0. The number of rotatable bonds is 5. The lowest BCUT2D eigenvalue weighted by Crippen LogP contribution is -2.27. The fraction of sp³-hybridized carbons (Fsp3) is 1.00. The molecule has 6 N–H and O–H groups in total. The van der Waals surface area contributed by atoms with Gasteiger partial charge in [-0.25, -0.2) is 0 Å². The van der Waals surface area contributed by atoms with Crippen molar-refractivity contribution in [3.63, 3.8) is 0 Å². The van der Waals surface area contributed by atoms with Gasteiger partial charge in [-0.3, -0.25) is 0 Å². The summed E-state index contributed by atoms with van der Waals surface area (Å²) in [6.07, 6.45) is 0. The third-order valence-corrected chi connectivity index (χ3v) is 0.861. The first-order chi connectivity index (χ1) is 6.04. The Morgan fingerprint density at radius 3 is 1.46 bits per heavy atom. The molecule has 0 fully saturated rings. The second kappa shape index (κ2) is 11.8. The molecule has 0 aromatic carbocycles. The summed E-state index contributed by atoms with van der Waals surface area (Å²) in [4.78, 5) is 0. The number of nitrogens with two attached hydrogens (primary N) is 2. The van der Waals surface area contributed by atoms with Gasteiger partial charge >= 0.3 is 0 Å². The average molecular weight is 194 g/mol. The lowest BCUT2D eigenvalue weighted by molar-refractivity contribution is 0.115. The Bertz CT molecular complexity index is 79.5. The maximum Gasteiger partial charge on any atom is 0.0662 e. The molecular weight excluding hydrogens is 172 g/mol. The molecule has 0 aromatic rings. The zero-order valence-corrected chi connectivity index (χ0v) is 8.44.